The summed E-state index contributed by atoms with van der Waals surface area (Å²) in [7, 11) is 0. The van der Waals surface area contributed by atoms with Gasteiger partial charge in [-0.1, -0.05) is 0 Å². The van der Waals surface area contributed by atoms with Crippen LogP contribution in [0.1, 0.15) is 10.6 Å². The van der Waals surface area contributed by atoms with Crippen molar-refractivity contribution in [2.24, 2.45) is 0 Å². The summed E-state index contributed by atoms with van der Waals surface area (Å²) >= 11 is 0.485. The molecular weight excluding hydrogens is 179 g/mol. The van der Waals surface area contributed by atoms with E-state index in [1.807, 2.05) is 0 Å². The van der Waals surface area contributed by atoms with E-state index in [-0.39, 0.29) is 5.69 Å². The Balaban J connectivity index is 3.02. The molecule has 1 aromatic heterocycles. The molecule has 0 bridgehead atoms. The molecule has 0 aliphatic carbocycles. The number of hydrogen-bond acceptors (Lipinski definition) is 3. The highest BCUT2D eigenvalue weighted by molar-refractivity contribution is 7.09. The molecule has 0 unspecified atom stereocenters. The molecule has 0 aromatic carbocycles. The Morgan fingerprint density at radius 2 is 2.18 bits per heavy atom. The molecule has 2 nitrogen and oxygen atoms in total. The zero-order valence-electron chi connectivity index (χ0n) is 5.22. The molecule has 11 heavy (non-hydrogen) atoms. The highest BCUT2D eigenvalue weighted by Gasteiger charge is 2.35. The first-order valence-corrected chi connectivity index (χ1v) is 3.54. The molecule has 0 aliphatic rings. The fourth-order valence-corrected chi connectivity index (χ4v) is 1.28. The van der Waals surface area contributed by atoms with E-state index >= 15 is 0 Å². The van der Waals surface area contributed by atoms with Gasteiger partial charge in [0, 0.05) is 0 Å². The normalized spacial score (nSPS) is 12.0. The van der Waals surface area contributed by atoms with Crippen LogP contribution in [0.3, 0.4) is 0 Å². The van der Waals surface area contributed by atoms with Crippen LogP contribution in [0.5, 0.6) is 0 Å². The molecule has 0 spiro atoms. The zero-order chi connectivity index (χ0) is 8.48. The minimum Gasteiger partial charge on any atom is -0.390 e. The standard InChI is InChI=1S/C5H4F3NOS/c6-5(7,8)4-3(1-10)9-2-11-4/h2,10H,1H2. The van der Waals surface area contributed by atoms with Crippen molar-refractivity contribution in [3.8, 4) is 0 Å². The Morgan fingerprint density at radius 1 is 1.55 bits per heavy atom. The van der Waals surface area contributed by atoms with Gasteiger partial charge in [-0.2, -0.15) is 13.2 Å². The maximum Gasteiger partial charge on any atom is 0.427 e. The second-order valence-electron chi connectivity index (χ2n) is 1.78. The molecule has 0 atom stereocenters. The average Bonchev–Trinajstić information content (AvgIpc) is 2.31. The molecule has 0 amide bonds. The lowest BCUT2D eigenvalue weighted by atomic mass is 10.4. The maximum absolute atomic E-state index is 11.9. The molecule has 0 fully saturated rings. The maximum atomic E-state index is 11.9. The van der Waals surface area contributed by atoms with E-state index in [0.29, 0.717) is 11.3 Å². The average molecular weight is 183 g/mol. The zero-order valence-corrected chi connectivity index (χ0v) is 6.04. The second kappa shape index (κ2) is 2.78. The van der Waals surface area contributed by atoms with E-state index in [1.165, 1.54) is 0 Å². The predicted molar refractivity (Wildman–Crippen MR) is 33.0 cm³/mol. The van der Waals surface area contributed by atoms with E-state index in [9.17, 15) is 13.2 Å². The van der Waals surface area contributed by atoms with Crippen LogP contribution in [0.2, 0.25) is 0 Å². The quantitative estimate of drug-likeness (QED) is 0.718. The van der Waals surface area contributed by atoms with Crippen LogP contribution in [-0.2, 0) is 12.8 Å². The predicted octanol–water partition coefficient (Wildman–Crippen LogP) is 1.65. The SMILES string of the molecule is OCc1ncsc1C(F)(F)F. The van der Waals surface area contributed by atoms with Crippen LogP contribution in [0, 0.1) is 0 Å². The van der Waals surface area contributed by atoms with Crippen LogP contribution in [-0.4, -0.2) is 10.1 Å². The number of hydrogen-bond donors (Lipinski definition) is 1. The monoisotopic (exact) mass is 183 g/mol. The molecule has 0 radical (unpaired) electrons. The third kappa shape index (κ3) is 1.69. The van der Waals surface area contributed by atoms with Crippen molar-refractivity contribution in [1.82, 2.24) is 4.98 Å². The van der Waals surface area contributed by atoms with Crippen LogP contribution in [0.4, 0.5) is 13.2 Å². The van der Waals surface area contributed by atoms with E-state index in [4.69, 9.17) is 5.11 Å². The van der Waals surface area contributed by atoms with Crippen LogP contribution in [0.15, 0.2) is 5.51 Å². The fraction of sp³-hybridized carbons (Fsp3) is 0.400. The summed E-state index contributed by atoms with van der Waals surface area (Å²) in [5, 5.41) is 8.41. The van der Waals surface area contributed by atoms with Crippen LogP contribution >= 0.6 is 11.3 Å². The van der Waals surface area contributed by atoms with Crippen molar-refractivity contribution in [2.75, 3.05) is 0 Å². The summed E-state index contributed by atoms with van der Waals surface area (Å²) in [4.78, 5) is 2.53. The molecule has 0 aliphatic heterocycles. The van der Waals surface area contributed by atoms with Gasteiger partial charge in [-0.15, -0.1) is 11.3 Å². The number of alkyl halides is 3. The molecular formula is C5H4F3NOS. The van der Waals surface area contributed by atoms with Gasteiger partial charge in [-0.25, -0.2) is 4.98 Å². The molecule has 0 saturated carbocycles. The third-order valence-electron chi connectivity index (χ3n) is 1.05. The topological polar surface area (TPSA) is 33.1 Å². The summed E-state index contributed by atoms with van der Waals surface area (Å²) in [6.07, 6.45) is -4.39. The number of rotatable bonds is 1. The lowest BCUT2D eigenvalue weighted by Crippen LogP contribution is -2.05. The Labute approximate surface area is 64.3 Å². The number of aliphatic hydroxyl groups excluding tert-OH is 1. The lowest BCUT2D eigenvalue weighted by molar-refractivity contribution is -0.135. The van der Waals surface area contributed by atoms with Crippen LogP contribution in [0.25, 0.3) is 0 Å². The molecule has 1 aromatic rings. The summed E-state index contributed by atoms with van der Waals surface area (Å²) in [6.45, 7) is -0.668. The Bertz CT molecular complexity index is 244. The molecule has 62 valence electrons. The van der Waals surface area contributed by atoms with Crippen molar-refractivity contribution in [3.05, 3.63) is 16.1 Å². The van der Waals surface area contributed by atoms with Crippen molar-refractivity contribution >= 4 is 11.3 Å². The third-order valence-corrected chi connectivity index (χ3v) is 1.96. The summed E-state index contributed by atoms with van der Waals surface area (Å²) in [5.74, 6) is 0. The van der Waals surface area contributed by atoms with Crippen molar-refractivity contribution < 1.29 is 18.3 Å². The van der Waals surface area contributed by atoms with Crippen LogP contribution < -0.4 is 0 Å². The minimum absolute atomic E-state index is 0.303. The first kappa shape index (κ1) is 8.48. The summed E-state index contributed by atoms with van der Waals surface area (Å²) in [6, 6.07) is 0. The molecule has 1 rings (SSSR count). The fourth-order valence-electron chi connectivity index (χ4n) is 0.612. The minimum atomic E-state index is -4.39. The molecule has 6 heteroatoms. The van der Waals surface area contributed by atoms with Crippen molar-refractivity contribution in [1.29, 1.82) is 0 Å². The molecule has 1 N–H and O–H groups in total. The smallest absolute Gasteiger partial charge is 0.390 e. The van der Waals surface area contributed by atoms with Gasteiger partial charge in [0.05, 0.1) is 17.8 Å². The van der Waals surface area contributed by atoms with Crippen molar-refractivity contribution in [2.45, 2.75) is 12.8 Å². The number of aliphatic hydroxyl groups is 1. The highest BCUT2D eigenvalue weighted by Crippen LogP contribution is 2.34. The van der Waals surface area contributed by atoms with Gasteiger partial charge in [0.25, 0.3) is 0 Å². The number of nitrogens with zero attached hydrogens (tertiary/aromatic N) is 1. The van der Waals surface area contributed by atoms with Gasteiger partial charge in [-0.05, 0) is 0 Å². The highest BCUT2D eigenvalue weighted by atomic mass is 32.1. The Morgan fingerprint density at radius 3 is 2.55 bits per heavy atom. The van der Waals surface area contributed by atoms with E-state index < -0.39 is 17.7 Å². The van der Waals surface area contributed by atoms with Crippen molar-refractivity contribution in [3.63, 3.8) is 0 Å². The second-order valence-corrected chi connectivity index (χ2v) is 2.64. The van der Waals surface area contributed by atoms with Gasteiger partial charge in [0.15, 0.2) is 0 Å². The number of thiazole rings is 1. The Hall–Kier alpha value is -0.620. The first-order valence-electron chi connectivity index (χ1n) is 2.66. The number of aromatic nitrogens is 1. The van der Waals surface area contributed by atoms with Gasteiger partial charge >= 0.3 is 6.18 Å². The first-order chi connectivity index (χ1) is 5.05. The summed E-state index contributed by atoms with van der Waals surface area (Å²) in [5.41, 5.74) is 0.761. The van der Waals surface area contributed by atoms with E-state index in [1.54, 1.807) is 0 Å². The van der Waals surface area contributed by atoms with Gasteiger partial charge in [0.1, 0.15) is 4.88 Å². The van der Waals surface area contributed by atoms with Gasteiger partial charge in [-0.3, -0.25) is 0 Å². The lowest BCUT2D eigenvalue weighted by Gasteiger charge is -2.03. The Kier molecular flexibility index (Phi) is 2.15. The van der Waals surface area contributed by atoms with Gasteiger partial charge < -0.3 is 5.11 Å². The molecule has 0 saturated heterocycles. The largest absolute Gasteiger partial charge is 0.427 e. The number of halogens is 3. The summed E-state index contributed by atoms with van der Waals surface area (Å²) < 4.78 is 35.8. The van der Waals surface area contributed by atoms with E-state index in [2.05, 4.69) is 4.98 Å². The van der Waals surface area contributed by atoms with Gasteiger partial charge in [0.2, 0.25) is 0 Å². The molecule has 1 heterocycles. The van der Waals surface area contributed by atoms with E-state index in [0.717, 1.165) is 5.51 Å².